The van der Waals surface area contributed by atoms with Gasteiger partial charge >= 0.3 is 11.9 Å². The second kappa shape index (κ2) is 7.02. The fourth-order valence-electron chi connectivity index (χ4n) is 2.90. The molecule has 8 heteroatoms. The molecule has 2 aromatic carbocycles. The van der Waals surface area contributed by atoms with Crippen molar-refractivity contribution in [3.8, 4) is 0 Å². The monoisotopic (exact) mass is 380 g/mol. The van der Waals surface area contributed by atoms with E-state index in [1.807, 2.05) is 0 Å². The number of fused-ring (bicyclic) bond motifs is 1. The Morgan fingerprint density at radius 3 is 2.26 bits per heavy atom. The molecular weight excluding hydrogens is 364 g/mol. The summed E-state index contributed by atoms with van der Waals surface area (Å²) in [5.41, 5.74) is -0.0228. The van der Waals surface area contributed by atoms with Crippen LogP contribution in [0.5, 0.6) is 0 Å². The van der Waals surface area contributed by atoms with Gasteiger partial charge in [-0.3, -0.25) is 13.9 Å². The lowest BCUT2D eigenvalue weighted by atomic mass is 10.1. The maximum absolute atomic E-state index is 13.1. The standard InChI is InChI=1S/C19H16F4N2O2/c1-12-2-7-16-15(10-12)17(26)25(11-13-3-5-14(20)6-4-13)18(27)24(16)9-8-19(21,22)23/h2-7,10H,8-9,11H2,1H3. The Morgan fingerprint density at radius 1 is 0.963 bits per heavy atom. The summed E-state index contributed by atoms with van der Waals surface area (Å²) >= 11 is 0. The van der Waals surface area contributed by atoms with Crippen LogP contribution in [0.15, 0.2) is 52.1 Å². The van der Waals surface area contributed by atoms with Crippen molar-refractivity contribution in [3.05, 3.63) is 80.2 Å². The number of hydrogen-bond donors (Lipinski definition) is 0. The van der Waals surface area contributed by atoms with Crippen LogP contribution in [0.1, 0.15) is 17.5 Å². The average molecular weight is 380 g/mol. The fourth-order valence-corrected chi connectivity index (χ4v) is 2.90. The minimum atomic E-state index is -4.44. The first-order valence-corrected chi connectivity index (χ1v) is 8.21. The normalized spacial score (nSPS) is 11.9. The molecule has 0 amide bonds. The third-order valence-corrected chi connectivity index (χ3v) is 4.25. The molecule has 4 nitrogen and oxygen atoms in total. The number of halogens is 4. The van der Waals surface area contributed by atoms with Gasteiger partial charge in [0.2, 0.25) is 0 Å². The Hall–Kier alpha value is -2.90. The quantitative estimate of drug-likeness (QED) is 0.649. The Bertz CT molecular complexity index is 1100. The number of nitrogens with zero attached hydrogens (tertiary/aromatic N) is 2. The molecule has 0 spiro atoms. The van der Waals surface area contributed by atoms with E-state index in [1.165, 1.54) is 30.3 Å². The van der Waals surface area contributed by atoms with Crippen molar-refractivity contribution in [2.24, 2.45) is 0 Å². The van der Waals surface area contributed by atoms with Crippen LogP contribution in [0, 0.1) is 12.7 Å². The molecule has 27 heavy (non-hydrogen) atoms. The molecule has 0 aliphatic carbocycles. The van der Waals surface area contributed by atoms with E-state index >= 15 is 0 Å². The summed E-state index contributed by atoms with van der Waals surface area (Å²) in [6, 6.07) is 9.87. The smallest absolute Gasteiger partial charge is 0.293 e. The summed E-state index contributed by atoms with van der Waals surface area (Å²) in [6.45, 7) is 0.994. The number of benzene rings is 2. The Kier molecular flexibility index (Phi) is 4.91. The predicted molar refractivity (Wildman–Crippen MR) is 93.4 cm³/mol. The van der Waals surface area contributed by atoms with Crippen LogP contribution >= 0.6 is 0 Å². The fraction of sp³-hybridized carbons (Fsp3) is 0.263. The van der Waals surface area contributed by atoms with Gasteiger partial charge in [-0.25, -0.2) is 9.18 Å². The Balaban J connectivity index is 2.19. The highest BCUT2D eigenvalue weighted by atomic mass is 19.4. The molecule has 142 valence electrons. The van der Waals surface area contributed by atoms with Gasteiger partial charge in [0.15, 0.2) is 0 Å². The van der Waals surface area contributed by atoms with Crippen molar-refractivity contribution >= 4 is 10.9 Å². The molecular formula is C19H16F4N2O2. The van der Waals surface area contributed by atoms with Gasteiger partial charge in [0, 0.05) is 6.54 Å². The summed E-state index contributed by atoms with van der Waals surface area (Å²) in [5, 5.41) is 0.166. The summed E-state index contributed by atoms with van der Waals surface area (Å²) in [5.74, 6) is -0.470. The minimum Gasteiger partial charge on any atom is -0.293 e. The van der Waals surface area contributed by atoms with Gasteiger partial charge in [0.25, 0.3) is 5.56 Å². The first kappa shape index (κ1) is 18.9. The Labute approximate surface area is 151 Å². The molecule has 1 heterocycles. The predicted octanol–water partition coefficient (Wildman–Crippen LogP) is 3.61. The summed E-state index contributed by atoms with van der Waals surface area (Å²) in [7, 11) is 0. The van der Waals surface area contributed by atoms with E-state index < -0.39 is 36.2 Å². The maximum Gasteiger partial charge on any atom is 0.390 e. The molecule has 0 unspecified atom stereocenters. The first-order valence-electron chi connectivity index (χ1n) is 8.21. The van der Waals surface area contributed by atoms with Gasteiger partial charge in [0.1, 0.15) is 5.82 Å². The maximum atomic E-state index is 13.1. The third-order valence-electron chi connectivity index (χ3n) is 4.25. The van der Waals surface area contributed by atoms with Crippen LogP contribution in [-0.4, -0.2) is 15.3 Å². The highest BCUT2D eigenvalue weighted by Gasteiger charge is 2.27. The molecule has 0 aliphatic heterocycles. The second-order valence-electron chi connectivity index (χ2n) is 6.34. The van der Waals surface area contributed by atoms with E-state index in [2.05, 4.69) is 0 Å². The van der Waals surface area contributed by atoms with Crippen molar-refractivity contribution in [2.45, 2.75) is 32.6 Å². The zero-order valence-corrected chi connectivity index (χ0v) is 14.4. The molecule has 3 aromatic rings. The van der Waals surface area contributed by atoms with E-state index in [9.17, 15) is 27.2 Å². The largest absolute Gasteiger partial charge is 0.390 e. The third kappa shape index (κ3) is 4.10. The van der Waals surface area contributed by atoms with Crippen LogP contribution in [0.4, 0.5) is 17.6 Å². The molecule has 0 bridgehead atoms. The molecule has 0 atom stereocenters. The van der Waals surface area contributed by atoms with Gasteiger partial charge in [-0.2, -0.15) is 13.2 Å². The van der Waals surface area contributed by atoms with Crippen LogP contribution in [-0.2, 0) is 13.1 Å². The number of rotatable bonds is 4. The molecule has 0 saturated carbocycles. The van der Waals surface area contributed by atoms with Gasteiger partial charge in [-0.15, -0.1) is 0 Å². The van der Waals surface area contributed by atoms with E-state index in [0.717, 1.165) is 14.7 Å². The molecule has 0 saturated heterocycles. The van der Waals surface area contributed by atoms with E-state index in [-0.39, 0.29) is 17.4 Å². The molecule has 3 rings (SSSR count). The molecule has 1 aromatic heterocycles. The SMILES string of the molecule is Cc1ccc2c(c1)c(=O)n(Cc1ccc(F)cc1)c(=O)n2CCC(F)(F)F. The van der Waals surface area contributed by atoms with Crippen LogP contribution in [0.2, 0.25) is 0 Å². The van der Waals surface area contributed by atoms with Crippen molar-refractivity contribution in [1.82, 2.24) is 9.13 Å². The molecule has 0 aliphatic rings. The minimum absolute atomic E-state index is 0.159. The van der Waals surface area contributed by atoms with Crippen LogP contribution < -0.4 is 11.2 Å². The topological polar surface area (TPSA) is 44.0 Å². The average Bonchev–Trinajstić information content (AvgIpc) is 2.59. The van der Waals surface area contributed by atoms with Gasteiger partial charge in [-0.05, 0) is 36.8 Å². The molecule has 0 N–H and O–H groups in total. The number of aromatic nitrogens is 2. The lowest BCUT2D eigenvalue weighted by Gasteiger charge is -2.15. The van der Waals surface area contributed by atoms with Crippen molar-refractivity contribution in [1.29, 1.82) is 0 Å². The summed E-state index contributed by atoms with van der Waals surface area (Å²) < 4.78 is 53.0. The van der Waals surface area contributed by atoms with E-state index in [0.29, 0.717) is 5.56 Å². The molecule has 0 fully saturated rings. The summed E-state index contributed by atoms with van der Waals surface area (Å²) in [6.07, 6.45) is -5.63. The van der Waals surface area contributed by atoms with Gasteiger partial charge in [-0.1, -0.05) is 23.8 Å². The number of hydrogen-bond acceptors (Lipinski definition) is 2. The van der Waals surface area contributed by atoms with Crippen molar-refractivity contribution in [3.63, 3.8) is 0 Å². The highest BCUT2D eigenvalue weighted by molar-refractivity contribution is 5.78. The molecule has 0 radical (unpaired) electrons. The van der Waals surface area contributed by atoms with Crippen molar-refractivity contribution < 1.29 is 17.6 Å². The van der Waals surface area contributed by atoms with Gasteiger partial charge < -0.3 is 0 Å². The number of alkyl halides is 3. The Morgan fingerprint density at radius 2 is 1.63 bits per heavy atom. The second-order valence-corrected chi connectivity index (χ2v) is 6.34. The van der Waals surface area contributed by atoms with Crippen LogP contribution in [0.25, 0.3) is 10.9 Å². The zero-order valence-electron chi connectivity index (χ0n) is 14.4. The van der Waals surface area contributed by atoms with Crippen LogP contribution in [0.3, 0.4) is 0 Å². The van der Waals surface area contributed by atoms with E-state index in [1.54, 1.807) is 19.1 Å². The van der Waals surface area contributed by atoms with Crippen molar-refractivity contribution in [2.75, 3.05) is 0 Å². The number of aryl methyl sites for hydroxylation is 2. The lowest BCUT2D eigenvalue weighted by Crippen LogP contribution is -2.41. The van der Waals surface area contributed by atoms with E-state index in [4.69, 9.17) is 0 Å². The summed E-state index contributed by atoms with van der Waals surface area (Å²) in [4.78, 5) is 25.5. The highest BCUT2D eigenvalue weighted by Crippen LogP contribution is 2.21. The first-order chi connectivity index (χ1) is 12.7. The van der Waals surface area contributed by atoms with Gasteiger partial charge in [0.05, 0.1) is 23.9 Å². The zero-order chi connectivity index (χ0) is 19.8. The lowest BCUT2D eigenvalue weighted by molar-refractivity contribution is -0.136.